The third-order valence-electron chi connectivity index (χ3n) is 2.19. The van der Waals surface area contributed by atoms with Crippen LogP contribution in [0.4, 0.5) is 11.6 Å². The van der Waals surface area contributed by atoms with Gasteiger partial charge < -0.3 is 15.2 Å². The topological polar surface area (TPSA) is 92.9 Å². The SMILES string of the molecule is Cc1cc(Nc2cnc(C(=O)NC(C)C)cn2)no1. The maximum atomic E-state index is 11.7. The van der Waals surface area contributed by atoms with Crippen LogP contribution in [0.1, 0.15) is 30.1 Å². The second-order valence-electron chi connectivity index (χ2n) is 4.36. The summed E-state index contributed by atoms with van der Waals surface area (Å²) in [5.41, 5.74) is 0.274. The van der Waals surface area contributed by atoms with Crippen molar-refractivity contribution in [3.8, 4) is 0 Å². The van der Waals surface area contributed by atoms with Crippen LogP contribution in [0, 0.1) is 6.92 Å². The van der Waals surface area contributed by atoms with E-state index in [1.54, 1.807) is 13.0 Å². The lowest BCUT2D eigenvalue weighted by molar-refractivity contribution is 0.0937. The van der Waals surface area contributed by atoms with Crippen molar-refractivity contribution in [2.45, 2.75) is 26.8 Å². The van der Waals surface area contributed by atoms with Crippen molar-refractivity contribution in [2.24, 2.45) is 0 Å². The Morgan fingerprint density at radius 3 is 2.58 bits per heavy atom. The van der Waals surface area contributed by atoms with E-state index >= 15 is 0 Å². The number of carbonyl (C=O) groups is 1. The summed E-state index contributed by atoms with van der Waals surface area (Å²) in [4.78, 5) is 19.8. The molecule has 7 heteroatoms. The molecule has 2 aromatic heterocycles. The molecular formula is C12H15N5O2. The van der Waals surface area contributed by atoms with E-state index < -0.39 is 0 Å². The molecule has 0 fully saturated rings. The zero-order valence-corrected chi connectivity index (χ0v) is 11.0. The van der Waals surface area contributed by atoms with Gasteiger partial charge >= 0.3 is 0 Å². The molecule has 2 N–H and O–H groups in total. The number of rotatable bonds is 4. The monoisotopic (exact) mass is 261 g/mol. The van der Waals surface area contributed by atoms with Crippen molar-refractivity contribution < 1.29 is 9.32 Å². The smallest absolute Gasteiger partial charge is 0.271 e. The molecule has 0 aliphatic heterocycles. The lowest BCUT2D eigenvalue weighted by Gasteiger charge is -2.07. The summed E-state index contributed by atoms with van der Waals surface area (Å²) in [7, 11) is 0. The molecule has 0 saturated carbocycles. The molecule has 0 bridgehead atoms. The summed E-state index contributed by atoms with van der Waals surface area (Å²) in [6.07, 6.45) is 2.88. The second-order valence-corrected chi connectivity index (χ2v) is 4.36. The van der Waals surface area contributed by atoms with Crippen LogP contribution in [-0.2, 0) is 0 Å². The third-order valence-corrected chi connectivity index (χ3v) is 2.19. The van der Waals surface area contributed by atoms with Crippen molar-refractivity contribution >= 4 is 17.5 Å². The predicted molar refractivity (Wildman–Crippen MR) is 69.2 cm³/mol. The van der Waals surface area contributed by atoms with Gasteiger partial charge in [-0.15, -0.1) is 0 Å². The second kappa shape index (κ2) is 5.47. The Morgan fingerprint density at radius 2 is 2.05 bits per heavy atom. The number of anilines is 2. The largest absolute Gasteiger partial charge is 0.360 e. The first-order valence-corrected chi connectivity index (χ1v) is 5.88. The first-order chi connectivity index (χ1) is 9.04. The van der Waals surface area contributed by atoms with Crippen molar-refractivity contribution in [1.82, 2.24) is 20.4 Å². The third kappa shape index (κ3) is 3.51. The Morgan fingerprint density at radius 1 is 1.26 bits per heavy atom. The number of aromatic nitrogens is 3. The minimum Gasteiger partial charge on any atom is -0.360 e. The zero-order valence-electron chi connectivity index (χ0n) is 11.0. The fourth-order valence-electron chi connectivity index (χ4n) is 1.40. The van der Waals surface area contributed by atoms with Crippen LogP contribution in [0.15, 0.2) is 23.0 Å². The minimum atomic E-state index is -0.244. The molecule has 0 spiro atoms. The lowest BCUT2D eigenvalue weighted by atomic mass is 10.3. The van der Waals surface area contributed by atoms with E-state index in [4.69, 9.17) is 4.52 Å². The molecular weight excluding hydrogens is 246 g/mol. The number of aryl methyl sites for hydroxylation is 1. The average molecular weight is 261 g/mol. The Bertz CT molecular complexity index is 562. The van der Waals surface area contributed by atoms with E-state index in [9.17, 15) is 4.79 Å². The van der Waals surface area contributed by atoms with Crippen molar-refractivity contribution in [2.75, 3.05) is 5.32 Å². The van der Waals surface area contributed by atoms with Crippen molar-refractivity contribution in [3.63, 3.8) is 0 Å². The average Bonchev–Trinajstić information content (AvgIpc) is 2.75. The molecule has 2 heterocycles. The summed E-state index contributed by atoms with van der Waals surface area (Å²) in [5, 5.41) is 9.44. The van der Waals surface area contributed by atoms with Gasteiger partial charge in [-0.05, 0) is 20.8 Å². The highest BCUT2D eigenvalue weighted by Gasteiger charge is 2.09. The molecule has 0 saturated heterocycles. The molecule has 0 unspecified atom stereocenters. The van der Waals surface area contributed by atoms with Crippen LogP contribution in [0.25, 0.3) is 0 Å². The standard InChI is InChI=1S/C12H15N5O2/c1-7(2)15-12(18)9-5-14-11(6-13-9)16-10-4-8(3)19-17-10/h4-7H,1-3H3,(H,15,18)(H,14,16,17). The number of amides is 1. The normalized spacial score (nSPS) is 10.5. The minimum absolute atomic E-state index is 0.0604. The number of hydrogen-bond donors (Lipinski definition) is 2. The fourth-order valence-corrected chi connectivity index (χ4v) is 1.40. The molecule has 2 rings (SSSR count). The van der Waals surface area contributed by atoms with Gasteiger partial charge in [0.2, 0.25) is 0 Å². The highest BCUT2D eigenvalue weighted by atomic mass is 16.5. The lowest BCUT2D eigenvalue weighted by Crippen LogP contribution is -2.30. The summed E-state index contributed by atoms with van der Waals surface area (Å²) >= 11 is 0. The molecule has 0 aliphatic carbocycles. The first kappa shape index (κ1) is 13.0. The maximum Gasteiger partial charge on any atom is 0.271 e. The van der Waals surface area contributed by atoms with Crippen LogP contribution in [0.5, 0.6) is 0 Å². The zero-order chi connectivity index (χ0) is 13.8. The molecule has 7 nitrogen and oxygen atoms in total. The van der Waals surface area contributed by atoms with Crippen LogP contribution >= 0.6 is 0 Å². The van der Waals surface area contributed by atoms with Crippen LogP contribution in [-0.4, -0.2) is 27.1 Å². The van der Waals surface area contributed by atoms with Gasteiger partial charge in [0.1, 0.15) is 17.3 Å². The molecule has 0 aromatic carbocycles. The van der Waals surface area contributed by atoms with Gasteiger partial charge in [0.15, 0.2) is 5.82 Å². The van der Waals surface area contributed by atoms with Gasteiger partial charge in [-0.25, -0.2) is 9.97 Å². The van der Waals surface area contributed by atoms with Gasteiger partial charge in [-0.2, -0.15) is 0 Å². The van der Waals surface area contributed by atoms with Crippen molar-refractivity contribution in [1.29, 1.82) is 0 Å². The Labute approximate surface area is 110 Å². The molecule has 0 atom stereocenters. The van der Waals surface area contributed by atoms with E-state index in [-0.39, 0.29) is 17.6 Å². The summed E-state index contributed by atoms with van der Waals surface area (Å²) < 4.78 is 4.92. The van der Waals surface area contributed by atoms with Crippen LogP contribution < -0.4 is 10.6 Å². The quantitative estimate of drug-likeness (QED) is 0.869. The molecule has 0 radical (unpaired) electrons. The number of nitrogens with one attached hydrogen (secondary N) is 2. The van der Waals surface area contributed by atoms with Crippen LogP contribution in [0.2, 0.25) is 0 Å². The summed E-state index contributed by atoms with van der Waals surface area (Å²) in [6, 6.07) is 1.80. The number of hydrogen-bond acceptors (Lipinski definition) is 6. The summed E-state index contributed by atoms with van der Waals surface area (Å²) in [6.45, 7) is 5.56. The van der Waals surface area contributed by atoms with Gasteiger partial charge in [0.25, 0.3) is 5.91 Å². The van der Waals surface area contributed by atoms with E-state index in [1.807, 2.05) is 13.8 Å². The van der Waals surface area contributed by atoms with E-state index in [1.165, 1.54) is 12.4 Å². The van der Waals surface area contributed by atoms with Gasteiger partial charge in [-0.3, -0.25) is 4.79 Å². The highest BCUT2D eigenvalue weighted by molar-refractivity contribution is 5.92. The predicted octanol–water partition coefficient (Wildman–Crippen LogP) is 1.65. The molecule has 1 amide bonds. The molecule has 19 heavy (non-hydrogen) atoms. The Balaban J connectivity index is 2.04. The molecule has 0 aliphatic rings. The number of carbonyl (C=O) groups excluding carboxylic acids is 1. The highest BCUT2D eigenvalue weighted by Crippen LogP contribution is 2.12. The van der Waals surface area contributed by atoms with E-state index in [2.05, 4.69) is 25.8 Å². The Hall–Kier alpha value is -2.44. The van der Waals surface area contributed by atoms with E-state index in [0.717, 1.165) is 0 Å². The maximum absolute atomic E-state index is 11.7. The van der Waals surface area contributed by atoms with E-state index in [0.29, 0.717) is 17.4 Å². The summed E-state index contributed by atoms with van der Waals surface area (Å²) in [5.74, 6) is 1.50. The molecule has 100 valence electrons. The van der Waals surface area contributed by atoms with Gasteiger partial charge in [0, 0.05) is 12.1 Å². The Kier molecular flexibility index (Phi) is 3.74. The number of nitrogens with zero attached hydrogens (tertiary/aromatic N) is 3. The van der Waals surface area contributed by atoms with Crippen molar-refractivity contribution in [3.05, 3.63) is 29.9 Å². The van der Waals surface area contributed by atoms with Gasteiger partial charge in [0.05, 0.1) is 12.4 Å². The first-order valence-electron chi connectivity index (χ1n) is 5.88. The van der Waals surface area contributed by atoms with Crippen LogP contribution in [0.3, 0.4) is 0 Å². The van der Waals surface area contributed by atoms with Gasteiger partial charge in [-0.1, -0.05) is 5.16 Å². The molecule has 2 aromatic rings. The fraction of sp³-hybridized carbons (Fsp3) is 0.333.